The zero-order chi connectivity index (χ0) is 41.7. The smallest absolute Gasteiger partial charge is 0.0541 e. The molecule has 0 saturated heterocycles. The molecule has 2 aromatic heterocycles. The minimum Gasteiger partial charge on any atom is -0.311 e. The molecular weight excluding hydrogens is 781 g/mol. The lowest BCUT2D eigenvalue weighted by atomic mass is 10.0. The van der Waals surface area contributed by atoms with Crippen LogP contribution in [0.1, 0.15) is 0 Å². The van der Waals surface area contributed by atoms with Crippen LogP contribution >= 0.6 is 11.3 Å². The molecule has 0 amide bonds. The predicted molar refractivity (Wildman–Crippen MR) is 270 cm³/mol. The Kier molecular flexibility index (Phi) is 9.06. The van der Waals surface area contributed by atoms with Gasteiger partial charge < -0.3 is 9.47 Å². The summed E-state index contributed by atoms with van der Waals surface area (Å²) in [5.74, 6) is 0. The van der Waals surface area contributed by atoms with Crippen LogP contribution in [-0.4, -0.2) is 4.57 Å². The first-order chi connectivity index (χ1) is 31.2. The van der Waals surface area contributed by atoms with Gasteiger partial charge in [-0.15, -0.1) is 11.3 Å². The highest BCUT2D eigenvalue weighted by atomic mass is 32.1. The number of benzene rings is 10. The summed E-state index contributed by atoms with van der Waals surface area (Å²) < 4.78 is 5.04. The van der Waals surface area contributed by atoms with E-state index in [0.717, 1.165) is 22.7 Å². The molecule has 2 heterocycles. The van der Waals surface area contributed by atoms with Crippen LogP contribution in [0.5, 0.6) is 0 Å². The number of thiophene rings is 1. The van der Waals surface area contributed by atoms with Crippen LogP contribution in [0.3, 0.4) is 0 Å². The predicted octanol–water partition coefficient (Wildman–Crippen LogP) is 17.3. The first-order valence-electron chi connectivity index (χ1n) is 21.5. The van der Waals surface area contributed by atoms with E-state index in [4.69, 9.17) is 0 Å². The van der Waals surface area contributed by atoms with Crippen LogP contribution in [0, 0.1) is 0 Å². The molecule has 0 aliphatic carbocycles. The van der Waals surface area contributed by atoms with Crippen LogP contribution in [0.2, 0.25) is 0 Å². The molecule has 12 rings (SSSR count). The maximum atomic E-state index is 2.39. The van der Waals surface area contributed by atoms with Crippen molar-refractivity contribution < 1.29 is 0 Å². The lowest BCUT2D eigenvalue weighted by Gasteiger charge is -2.26. The molecule has 0 N–H and O–H groups in total. The van der Waals surface area contributed by atoms with Gasteiger partial charge in [-0.25, -0.2) is 0 Å². The Morgan fingerprint density at radius 3 is 1.40 bits per heavy atom. The van der Waals surface area contributed by atoms with Crippen LogP contribution in [0.25, 0.3) is 92.2 Å². The van der Waals surface area contributed by atoms with Crippen molar-refractivity contribution in [2.24, 2.45) is 0 Å². The van der Waals surface area contributed by atoms with E-state index >= 15 is 0 Å². The van der Waals surface area contributed by atoms with Crippen molar-refractivity contribution in [2.75, 3.05) is 4.90 Å². The summed E-state index contributed by atoms with van der Waals surface area (Å²) in [5, 5.41) is 5.12. The van der Waals surface area contributed by atoms with Gasteiger partial charge in [0.1, 0.15) is 0 Å². The normalized spacial score (nSPS) is 11.5. The van der Waals surface area contributed by atoms with Crippen molar-refractivity contribution in [3.8, 4) is 50.2 Å². The summed E-state index contributed by atoms with van der Waals surface area (Å²) in [6.07, 6.45) is 0. The molecule has 0 aliphatic heterocycles. The molecule has 63 heavy (non-hydrogen) atoms. The maximum absolute atomic E-state index is 2.39. The number of anilines is 3. The molecule has 0 spiro atoms. The molecule has 3 heteroatoms. The number of rotatable bonds is 8. The Bertz CT molecular complexity index is 3570. The minimum atomic E-state index is 1.10. The standard InChI is InChI=1S/C60H40N2S/c1-3-12-41(13-4-1)43-22-31-48(32-23-43)61(50-37-28-46(29-38-50)52-18-11-19-55-54-17-8-10-21-59(54)63-60(52)55)49-33-26-45(27-34-49)47-30-39-58-56(40-47)53-16-7-9-20-57(53)62(58)51-35-24-44(25-36-51)42-14-5-2-6-15-42/h1-40H. The number of para-hydroxylation sites is 1. The van der Waals surface area contributed by atoms with Crippen LogP contribution < -0.4 is 4.90 Å². The fourth-order valence-electron chi connectivity index (χ4n) is 9.31. The molecule has 2 nitrogen and oxygen atoms in total. The number of fused-ring (bicyclic) bond motifs is 6. The summed E-state index contributed by atoms with van der Waals surface area (Å²) in [6, 6.07) is 88.2. The Balaban J connectivity index is 0.908. The van der Waals surface area contributed by atoms with E-state index in [1.807, 2.05) is 11.3 Å². The van der Waals surface area contributed by atoms with Crippen LogP contribution in [0.15, 0.2) is 243 Å². The van der Waals surface area contributed by atoms with E-state index in [9.17, 15) is 0 Å². The third kappa shape index (κ3) is 6.58. The fraction of sp³-hybridized carbons (Fsp3) is 0. The van der Waals surface area contributed by atoms with Gasteiger partial charge in [-0.1, -0.05) is 170 Å². The lowest BCUT2D eigenvalue weighted by Crippen LogP contribution is -2.09. The van der Waals surface area contributed by atoms with Gasteiger partial charge in [0.25, 0.3) is 0 Å². The minimum absolute atomic E-state index is 1.10. The van der Waals surface area contributed by atoms with Gasteiger partial charge in [0.2, 0.25) is 0 Å². The Hall–Kier alpha value is -7.98. The third-order valence-corrected chi connectivity index (χ3v) is 13.7. The highest BCUT2D eigenvalue weighted by molar-refractivity contribution is 7.26. The first-order valence-corrected chi connectivity index (χ1v) is 22.3. The zero-order valence-electron chi connectivity index (χ0n) is 34.4. The number of nitrogens with zero attached hydrogens (tertiary/aromatic N) is 2. The molecule has 0 bridgehead atoms. The number of hydrogen-bond donors (Lipinski definition) is 0. The van der Waals surface area contributed by atoms with Gasteiger partial charge in [-0.05, 0) is 117 Å². The Morgan fingerprint density at radius 1 is 0.302 bits per heavy atom. The van der Waals surface area contributed by atoms with Gasteiger partial charge in [0, 0.05) is 53.7 Å². The maximum Gasteiger partial charge on any atom is 0.0541 e. The third-order valence-electron chi connectivity index (χ3n) is 12.4. The van der Waals surface area contributed by atoms with E-state index < -0.39 is 0 Å². The second-order valence-corrected chi connectivity index (χ2v) is 17.2. The highest BCUT2D eigenvalue weighted by Gasteiger charge is 2.17. The summed E-state index contributed by atoms with van der Waals surface area (Å²) in [4.78, 5) is 2.36. The molecule has 296 valence electrons. The number of hydrogen-bond acceptors (Lipinski definition) is 2. The molecular formula is C60H40N2S. The second kappa shape index (κ2) is 15.5. The van der Waals surface area contributed by atoms with E-state index in [1.54, 1.807) is 0 Å². The average molecular weight is 821 g/mol. The molecule has 0 aliphatic rings. The van der Waals surface area contributed by atoms with Gasteiger partial charge in [0.05, 0.1) is 11.0 Å². The number of aromatic nitrogens is 1. The van der Waals surface area contributed by atoms with Gasteiger partial charge in [-0.3, -0.25) is 0 Å². The van der Waals surface area contributed by atoms with Crippen molar-refractivity contribution in [1.29, 1.82) is 0 Å². The summed E-state index contributed by atoms with van der Waals surface area (Å²) >= 11 is 1.88. The summed E-state index contributed by atoms with van der Waals surface area (Å²) in [7, 11) is 0. The van der Waals surface area contributed by atoms with Crippen molar-refractivity contribution in [2.45, 2.75) is 0 Å². The van der Waals surface area contributed by atoms with Crippen molar-refractivity contribution in [3.63, 3.8) is 0 Å². The van der Waals surface area contributed by atoms with Crippen molar-refractivity contribution in [3.05, 3.63) is 243 Å². The molecule has 0 unspecified atom stereocenters. The zero-order valence-corrected chi connectivity index (χ0v) is 35.2. The van der Waals surface area contributed by atoms with Gasteiger partial charge >= 0.3 is 0 Å². The monoisotopic (exact) mass is 820 g/mol. The highest BCUT2D eigenvalue weighted by Crippen LogP contribution is 2.42. The topological polar surface area (TPSA) is 8.17 Å². The van der Waals surface area contributed by atoms with E-state index in [0.29, 0.717) is 0 Å². The fourth-order valence-corrected chi connectivity index (χ4v) is 10.6. The SMILES string of the molecule is c1ccc(-c2ccc(N(c3ccc(-c4ccc5c(c4)c4ccccc4n5-c4ccc(-c5ccccc5)cc4)cc3)c3ccc(-c4cccc5c4sc4ccccc45)cc3)cc2)cc1. The average Bonchev–Trinajstić information content (AvgIpc) is 3.91. The van der Waals surface area contributed by atoms with E-state index in [-0.39, 0.29) is 0 Å². The van der Waals surface area contributed by atoms with Gasteiger partial charge in [0.15, 0.2) is 0 Å². The van der Waals surface area contributed by atoms with Crippen LogP contribution in [0.4, 0.5) is 17.1 Å². The summed E-state index contributed by atoms with van der Waals surface area (Å²) in [6.45, 7) is 0. The van der Waals surface area contributed by atoms with Gasteiger partial charge in [-0.2, -0.15) is 0 Å². The Labute approximate surface area is 370 Å². The molecule has 0 atom stereocenters. The van der Waals surface area contributed by atoms with Crippen molar-refractivity contribution in [1.82, 2.24) is 4.57 Å². The summed E-state index contributed by atoms with van der Waals surface area (Å²) in [5.41, 5.74) is 16.6. The second-order valence-electron chi connectivity index (χ2n) is 16.1. The Morgan fingerprint density at radius 2 is 0.762 bits per heavy atom. The molecule has 10 aromatic carbocycles. The molecule has 0 fully saturated rings. The van der Waals surface area contributed by atoms with Crippen LogP contribution in [-0.2, 0) is 0 Å². The first kappa shape index (κ1) is 36.8. The molecule has 0 radical (unpaired) electrons. The quantitative estimate of drug-likeness (QED) is 0.148. The van der Waals surface area contributed by atoms with E-state index in [1.165, 1.54) is 86.5 Å². The van der Waals surface area contributed by atoms with Crippen molar-refractivity contribution >= 4 is 70.4 Å². The largest absolute Gasteiger partial charge is 0.311 e. The van der Waals surface area contributed by atoms with E-state index in [2.05, 4.69) is 252 Å². The molecule has 0 saturated carbocycles. The molecule has 12 aromatic rings. The lowest BCUT2D eigenvalue weighted by molar-refractivity contribution is 1.18.